The number of ether oxygens (including phenoxy) is 2. The number of hydrogen-bond donors (Lipinski definition) is 2. The Morgan fingerprint density at radius 1 is 1.07 bits per heavy atom. The number of amides is 1. The van der Waals surface area contributed by atoms with Crippen molar-refractivity contribution < 1.29 is 23.0 Å². The predicted molar refractivity (Wildman–Crippen MR) is 165 cm³/mol. The summed E-state index contributed by atoms with van der Waals surface area (Å²) in [6, 6.07) is 9.51. The molecule has 228 valence electrons. The maximum absolute atomic E-state index is 13.4. The second-order valence-electron chi connectivity index (χ2n) is 9.95. The number of benzene rings is 2. The smallest absolute Gasteiger partial charge is 0.259 e. The molecule has 0 aromatic heterocycles. The van der Waals surface area contributed by atoms with Crippen molar-refractivity contribution in [2.45, 2.75) is 86.9 Å². The molecule has 2 heterocycles. The fourth-order valence-electron chi connectivity index (χ4n) is 4.17. The minimum atomic E-state index is -0.599. The van der Waals surface area contributed by atoms with Crippen LogP contribution in [0.3, 0.4) is 0 Å². The van der Waals surface area contributed by atoms with Crippen molar-refractivity contribution in [3.05, 3.63) is 53.1 Å². The molecule has 1 aliphatic carbocycles. The summed E-state index contributed by atoms with van der Waals surface area (Å²) in [6.45, 7) is 8.04. The van der Waals surface area contributed by atoms with Gasteiger partial charge in [0.25, 0.3) is 5.91 Å². The number of likely N-dealkylation sites (tertiary alicyclic amines) is 1. The Bertz CT molecular complexity index is 1040. The quantitative estimate of drug-likeness (QED) is 0.117. The van der Waals surface area contributed by atoms with E-state index >= 15 is 0 Å². The first-order chi connectivity index (χ1) is 19.9. The van der Waals surface area contributed by atoms with Crippen molar-refractivity contribution in [1.29, 1.82) is 0 Å². The van der Waals surface area contributed by atoms with Crippen LogP contribution in [-0.2, 0) is 14.3 Å². The van der Waals surface area contributed by atoms with Crippen LogP contribution in [0.5, 0.6) is 0 Å². The molecule has 1 amide bonds. The zero-order valence-electron chi connectivity index (χ0n) is 23.9. The molecule has 2 saturated heterocycles. The molecule has 0 spiro atoms. The van der Waals surface area contributed by atoms with Crippen molar-refractivity contribution in [3.63, 3.8) is 0 Å². The van der Waals surface area contributed by atoms with E-state index in [-0.39, 0.29) is 22.4 Å². The fraction of sp³-hybridized carbons (Fsp3) is 0.567. The number of nitrogen functional groups attached to an aromatic ring is 1. The zero-order chi connectivity index (χ0) is 29.6. The third-order valence-electron chi connectivity index (χ3n) is 6.58. The monoisotopic (exact) mass is 629 g/mol. The Morgan fingerprint density at radius 3 is 2.44 bits per heavy atom. The number of nitrogens with zero attached hydrogens (tertiary/aromatic N) is 1. The van der Waals surface area contributed by atoms with Crippen LogP contribution in [-0.4, -0.2) is 61.1 Å². The molecule has 1 atom stereocenters. The first-order valence-electron chi connectivity index (χ1n) is 14.5. The van der Waals surface area contributed by atoms with E-state index in [2.05, 4.69) is 9.62 Å². The highest BCUT2D eigenvalue weighted by Crippen LogP contribution is 2.29. The molecule has 1 saturated carbocycles. The van der Waals surface area contributed by atoms with E-state index in [0.717, 1.165) is 48.5 Å². The van der Waals surface area contributed by atoms with Gasteiger partial charge in [-0.2, -0.15) is 0 Å². The van der Waals surface area contributed by atoms with Crippen molar-refractivity contribution in [2.24, 2.45) is 0 Å². The number of thioether (sulfide) groups is 1. The van der Waals surface area contributed by atoms with Crippen LogP contribution in [0.2, 0.25) is 5.02 Å². The average Bonchev–Trinajstić information content (AvgIpc) is 3.80. The van der Waals surface area contributed by atoms with Gasteiger partial charge in [-0.25, -0.2) is 8.78 Å². The van der Waals surface area contributed by atoms with Crippen molar-refractivity contribution >= 4 is 46.9 Å². The lowest BCUT2D eigenvalue weighted by Gasteiger charge is -2.39. The Morgan fingerprint density at radius 2 is 1.80 bits per heavy atom. The van der Waals surface area contributed by atoms with Crippen LogP contribution in [0.4, 0.5) is 14.5 Å². The predicted octanol–water partition coefficient (Wildman–Crippen LogP) is 7.34. The summed E-state index contributed by atoms with van der Waals surface area (Å²) in [5, 5.41) is 0.130. The van der Waals surface area contributed by atoms with Crippen molar-refractivity contribution in [2.75, 3.05) is 37.7 Å². The van der Waals surface area contributed by atoms with Gasteiger partial charge in [0.2, 0.25) is 0 Å². The normalized spacial score (nSPS) is 18.8. The summed E-state index contributed by atoms with van der Waals surface area (Å²) in [7, 11) is 0. The number of nitrogens with one attached hydrogen (secondary N) is 1. The SMILES string of the molecule is CC.Fc1ccc(SCCCCN2CC(OC3CC3)C2)cc1.Nc1c(F)cc(SNC(=O)C2CCCCO2)cc1Cl. The molecule has 41 heavy (non-hydrogen) atoms. The molecular formula is C30H42ClF2N3O3S2. The summed E-state index contributed by atoms with van der Waals surface area (Å²) in [6.07, 6.45) is 8.36. The first-order valence-corrected chi connectivity index (χ1v) is 16.6. The molecule has 3 N–H and O–H groups in total. The lowest BCUT2D eigenvalue weighted by atomic mass is 10.1. The van der Waals surface area contributed by atoms with Crippen LogP contribution >= 0.6 is 35.3 Å². The Labute approximate surface area is 256 Å². The van der Waals surface area contributed by atoms with Crippen LogP contribution in [0, 0.1) is 11.6 Å². The Balaban J connectivity index is 0.000000213. The van der Waals surface area contributed by atoms with Gasteiger partial charge in [0.1, 0.15) is 17.7 Å². The highest BCUT2D eigenvalue weighted by atomic mass is 35.5. The molecule has 11 heteroatoms. The topological polar surface area (TPSA) is 76.8 Å². The number of carbonyl (C=O) groups is 1. The first kappa shape index (κ1) is 33.9. The van der Waals surface area contributed by atoms with Gasteiger partial charge in [-0.3, -0.25) is 14.4 Å². The van der Waals surface area contributed by atoms with Gasteiger partial charge in [0.15, 0.2) is 0 Å². The summed E-state index contributed by atoms with van der Waals surface area (Å²) < 4.78 is 39.9. The average molecular weight is 630 g/mol. The highest BCUT2D eigenvalue weighted by molar-refractivity contribution is 7.99. The number of halogens is 3. The van der Waals surface area contributed by atoms with Crippen molar-refractivity contribution in [1.82, 2.24) is 9.62 Å². The molecule has 3 aliphatic rings. The van der Waals surface area contributed by atoms with E-state index < -0.39 is 11.9 Å². The third-order valence-corrected chi connectivity index (χ3v) is 8.76. The van der Waals surface area contributed by atoms with Gasteiger partial charge in [-0.05, 0) is 106 Å². The molecule has 3 fully saturated rings. The number of anilines is 1. The van der Waals surface area contributed by atoms with E-state index in [9.17, 15) is 13.6 Å². The molecule has 1 unspecified atom stereocenters. The van der Waals surface area contributed by atoms with E-state index in [1.807, 2.05) is 37.7 Å². The number of hydrogen-bond acceptors (Lipinski definition) is 7. The minimum absolute atomic E-state index is 0.0899. The lowest BCUT2D eigenvalue weighted by Crippen LogP contribution is -2.52. The molecular weight excluding hydrogens is 588 g/mol. The zero-order valence-corrected chi connectivity index (χ0v) is 26.3. The second-order valence-corrected chi connectivity index (χ2v) is 12.4. The van der Waals surface area contributed by atoms with E-state index in [0.29, 0.717) is 30.1 Å². The number of unbranched alkanes of at least 4 members (excludes halogenated alkanes) is 1. The van der Waals surface area contributed by atoms with Crippen LogP contribution in [0.15, 0.2) is 46.2 Å². The van der Waals surface area contributed by atoms with Gasteiger partial charge in [0.05, 0.1) is 22.9 Å². The maximum Gasteiger partial charge on any atom is 0.259 e. The van der Waals surface area contributed by atoms with E-state index in [1.54, 1.807) is 0 Å². The summed E-state index contributed by atoms with van der Waals surface area (Å²) in [5.41, 5.74) is 5.31. The lowest BCUT2D eigenvalue weighted by molar-refractivity contribution is -0.133. The number of nitrogens with two attached hydrogens (primary N) is 1. The van der Waals surface area contributed by atoms with E-state index in [4.69, 9.17) is 26.8 Å². The van der Waals surface area contributed by atoms with Gasteiger partial charge < -0.3 is 15.2 Å². The third kappa shape index (κ3) is 12.3. The number of carbonyl (C=O) groups excluding carboxylic acids is 1. The fourth-order valence-corrected chi connectivity index (χ4v) is 6.04. The largest absolute Gasteiger partial charge is 0.395 e. The Hall–Kier alpha value is -1.56. The summed E-state index contributed by atoms with van der Waals surface area (Å²) in [4.78, 5) is 15.9. The molecule has 2 aliphatic heterocycles. The van der Waals surface area contributed by atoms with Crippen molar-refractivity contribution in [3.8, 4) is 0 Å². The van der Waals surface area contributed by atoms with Gasteiger partial charge in [-0.15, -0.1) is 11.8 Å². The van der Waals surface area contributed by atoms with Crippen LogP contribution < -0.4 is 10.5 Å². The van der Waals surface area contributed by atoms with Gasteiger partial charge in [0, 0.05) is 29.5 Å². The molecule has 6 nitrogen and oxygen atoms in total. The maximum atomic E-state index is 13.4. The number of rotatable bonds is 11. The Kier molecular flexibility index (Phi) is 15.0. The molecule has 2 aromatic carbocycles. The van der Waals surface area contributed by atoms with E-state index in [1.165, 1.54) is 56.5 Å². The summed E-state index contributed by atoms with van der Waals surface area (Å²) in [5.74, 6) is 0.146. The van der Waals surface area contributed by atoms with Crippen LogP contribution in [0.25, 0.3) is 0 Å². The highest BCUT2D eigenvalue weighted by Gasteiger charge is 2.33. The van der Waals surface area contributed by atoms with Gasteiger partial charge in [-0.1, -0.05) is 25.4 Å². The standard InChI is InChI=1S/C16H22FNOS.C12H14ClFN2O2S.C2H6/c17-13-3-7-16(8-4-13)20-10-2-1-9-18-11-15(12-18)19-14-5-6-14;13-8-5-7(6-9(14)11(8)15)19-16-12(17)10-3-1-2-4-18-10;1-2/h3-4,7-8,14-15H,1-2,5-6,9-12H2;5-6,10H,1-4,15H2,(H,16,17);1-2H3. The molecule has 5 rings (SSSR count). The summed E-state index contributed by atoms with van der Waals surface area (Å²) >= 11 is 8.58. The van der Waals surface area contributed by atoms with Gasteiger partial charge >= 0.3 is 0 Å². The minimum Gasteiger partial charge on any atom is -0.395 e. The van der Waals surface area contributed by atoms with Crippen LogP contribution in [0.1, 0.15) is 58.8 Å². The molecule has 0 radical (unpaired) electrons. The molecule has 0 bridgehead atoms. The molecule has 2 aromatic rings. The second kappa shape index (κ2) is 18.2.